The normalized spacial score (nSPS) is 11.5. The number of aromatic nitrogens is 3. The quantitative estimate of drug-likeness (QED) is 0.372. The summed E-state index contributed by atoms with van der Waals surface area (Å²) >= 11 is 0. The number of nitrogens with one attached hydrogen (secondary N) is 1. The minimum Gasteiger partial charge on any atom is -0.354 e. The molecular formula is C24H22N4. The molecule has 28 heavy (non-hydrogen) atoms. The molecule has 2 heterocycles. The molecule has 0 amide bonds. The van der Waals surface area contributed by atoms with Gasteiger partial charge in [0, 0.05) is 17.6 Å². The number of rotatable bonds is 5. The average molecular weight is 366 g/mol. The standard InChI is InChI=1S/C24H22N4/c1-2-3-15-28-16-25-24-21(28)14-13-20-22(24)23(26-17-9-5-4-6-10-17)18-11-7-8-12-19(18)27-20/h4-14,16H,2-3,15H2,1H3,(H,26,27). The number of hydrogen-bond donors (Lipinski definition) is 1. The van der Waals surface area contributed by atoms with Gasteiger partial charge in [-0.15, -0.1) is 0 Å². The zero-order valence-corrected chi connectivity index (χ0v) is 15.9. The second-order valence-electron chi connectivity index (χ2n) is 7.11. The van der Waals surface area contributed by atoms with Crippen LogP contribution in [0, 0.1) is 0 Å². The van der Waals surface area contributed by atoms with E-state index in [4.69, 9.17) is 9.97 Å². The molecule has 0 aliphatic rings. The van der Waals surface area contributed by atoms with E-state index in [9.17, 15) is 0 Å². The molecule has 0 aliphatic heterocycles. The number of unbranched alkanes of at least 4 members (excludes halogenated alkanes) is 1. The van der Waals surface area contributed by atoms with Gasteiger partial charge in [-0.25, -0.2) is 9.97 Å². The largest absolute Gasteiger partial charge is 0.354 e. The van der Waals surface area contributed by atoms with Crippen LogP contribution < -0.4 is 5.32 Å². The summed E-state index contributed by atoms with van der Waals surface area (Å²) in [5.74, 6) is 0. The number of pyridine rings is 1. The van der Waals surface area contributed by atoms with E-state index in [0.29, 0.717) is 0 Å². The highest BCUT2D eigenvalue weighted by Gasteiger charge is 2.15. The van der Waals surface area contributed by atoms with Gasteiger partial charge in [0.05, 0.1) is 39.5 Å². The van der Waals surface area contributed by atoms with Crippen LogP contribution in [-0.4, -0.2) is 14.5 Å². The molecule has 0 radical (unpaired) electrons. The van der Waals surface area contributed by atoms with Crippen LogP contribution in [0.1, 0.15) is 19.8 Å². The minimum absolute atomic E-state index is 0.963. The van der Waals surface area contributed by atoms with Gasteiger partial charge >= 0.3 is 0 Å². The lowest BCUT2D eigenvalue weighted by molar-refractivity contribution is 0.646. The highest BCUT2D eigenvalue weighted by Crippen LogP contribution is 2.37. The van der Waals surface area contributed by atoms with Gasteiger partial charge in [0.1, 0.15) is 0 Å². The third kappa shape index (κ3) is 2.78. The molecule has 0 saturated heterocycles. The maximum atomic E-state index is 4.91. The molecule has 0 spiro atoms. The fourth-order valence-electron chi connectivity index (χ4n) is 3.81. The summed E-state index contributed by atoms with van der Waals surface area (Å²) in [5.41, 5.74) is 6.24. The summed E-state index contributed by atoms with van der Waals surface area (Å²) in [6.07, 6.45) is 4.27. The molecule has 0 unspecified atom stereocenters. The summed E-state index contributed by atoms with van der Waals surface area (Å²) in [7, 11) is 0. The first-order chi connectivity index (χ1) is 13.8. The van der Waals surface area contributed by atoms with Crippen molar-refractivity contribution in [3.05, 3.63) is 73.1 Å². The van der Waals surface area contributed by atoms with Gasteiger partial charge in [0.25, 0.3) is 0 Å². The summed E-state index contributed by atoms with van der Waals surface area (Å²) in [6.45, 7) is 3.20. The smallest absolute Gasteiger partial charge is 0.0999 e. The second kappa shape index (κ2) is 6.97. The highest BCUT2D eigenvalue weighted by molar-refractivity contribution is 6.17. The fourth-order valence-corrected chi connectivity index (χ4v) is 3.81. The summed E-state index contributed by atoms with van der Waals surface area (Å²) in [5, 5.41) is 5.83. The molecule has 0 saturated carbocycles. The number of benzene rings is 3. The van der Waals surface area contributed by atoms with Crippen molar-refractivity contribution in [2.24, 2.45) is 0 Å². The van der Waals surface area contributed by atoms with Gasteiger partial charge in [-0.3, -0.25) is 0 Å². The number of nitrogens with zero attached hydrogens (tertiary/aromatic N) is 3. The molecule has 0 fully saturated rings. The maximum Gasteiger partial charge on any atom is 0.0999 e. The molecule has 0 aliphatic carbocycles. The molecular weight excluding hydrogens is 344 g/mol. The first kappa shape index (κ1) is 16.8. The van der Waals surface area contributed by atoms with Crippen LogP contribution in [0.15, 0.2) is 73.1 Å². The monoisotopic (exact) mass is 366 g/mol. The van der Waals surface area contributed by atoms with E-state index in [-0.39, 0.29) is 0 Å². The Hall–Kier alpha value is -3.40. The van der Waals surface area contributed by atoms with Crippen molar-refractivity contribution in [3.63, 3.8) is 0 Å². The van der Waals surface area contributed by atoms with Gasteiger partial charge in [0.2, 0.25) is 0 Å². The minimum atomic E-state index is 0.963. The Labute approximate surface area is 163 Å². The van der Waals surface area contributed by atoms with Crippen molar-refractivity contribution in [2.75, 3.05) is 5.32 Å². The van der Waals surface area contributed by atoms with Crippen molar-refractivity contribution < 1.29 is 0 Å². The number of aryl methyl sites for hydroxylation is 1. The summed E-state index contributed by atoms with van der Waals surface area (Å²) in [6, 6.07) is 22.8. The molecule has 0 atom stereocenters. The van der Waals surface area contributed by atoms with Gasteiger partial charge in [-0.2, -0.15) is 0 Å². The third-order valence-corrected chi connectivity index (χ3v) is 5.23. The van der Waals surface area contributed by atoms with Crippen LogP contribution >= 0.6 is 0 Å². The van der Waals surface area contributed by atoms with E-state index >= 15 is 0 Å². The van der Waals surface area contributed by atoms with E-state index in [1.54, 1.807) is 0 Å². The van der Waals surface area contributed by atoms with E-state index < -0.39 is 0 Å². The van der Waals surface area contributed by atoms with Gasteiger partial charge < -0.3 is 9.88 Å². The van der Waals surface area contributed by atoms with Crippen LogP contribution in [0.4, 0.5) is 11.4 Å². The van der Waals surface area contributed by atoms with Crippen LogP contribution in [0.2, 0.25) is 0 Å². The number of hydrogen-bond acceptors (Lipinski definition) is 3. The highest BCUT2D eigenvalue weighted by atomic mass is 15.0. The SMILES string of the molecule is CCCCn1cnc2c3c(Nc4ccccc4)c4ccccc4nc3ccc21. The van der Waals surface area contributed by atoms with Crippen molar-refractivity contribution in [1.82, 2.24) is 14.5 Å². The van der Waals surface area contributed by atoms with Crippen LogP contribution in [0.3, 0.4) is 0 Å². The van der Waals surface area contributed by atoms with Crippen LogP contribution in [-0.2, 0) is 6.54 Å². The van der Waals surface area contributed by atoms with Crippen molar-refractivity contribution in [1.29, 1.82) is 0 Å². The second-order valence-corrected chi connectivity index (χ2v) is 7.11. The van der Waals surface area contributed by atoms with Crippen LogP contribution in [0.5, 0.6) is 0 Å². The molecule has 3 aromatic carbocycles. The Balaban J connectivity index is 1.82. The number of fused-ring (bicyclic) bond motifs is 4. The zero-order valence-electron chi connectivity index (χ0n) is 15.9. The predicted molar refractivity (Wildman–Crippen MR) is 117 cm³/mol. The fraction of sp³-hybridized carbons (Fsp3) is 0.167. The van der Waals surface area contributed by atoms with E-state index in [1.165, 1.54) is 6.42 Å². The zero-order chi connectivity index (χ0) is 18.9. The number of para-hydroxylation sites is 2. The molecule has 4 nitrogen and oxygen atoms in total. The van der Waals surface area contributed by atoms with Gasteiger partial charge in [0.15, 0.2) is 0 Å². The lowest BCUT2D eigenvalue weighted by atomic mass is 10.1. The molecule has 4 heteroatoms. The van der Waals surface area contributed by atoms with Gasteiger partial charge in [-0.1, -0.05) is 49.7 Å². The summed E-state index contributed by atoms with van der Waals surface area (Å²) in [4.78, 5) is 9.70. The number of anilines is 2. The van der Waals surface area contributed by atoms with E-state index in [2.05, 4.69) is 59.3 Å². The molecule has 5 rings (SSSR count). The van der Waals surface area contributed by atoms with Crippen molar-refractivity contribution in [2.45, 2.75) is 26.3 Å². The summed E-state index contributed by atoms with van der Waals surface area (Å²) < 4.78 is 2.25. The Morgan fingerprint density at radius 2 is 1.71 bits per heavy atom. The third-order valence-electron chi connectivity index (χ3n) is 5.23. The maximum absolute atomic E-state index is 4.91. The van der Waals surface area contributed by atoms with Crippen molar-refractivity contribution >= 4 is 44.2 Å². The lowest BCUT2D eigenvalue weighted by Gasteiger charge is -2.14. The van der Waals surface area contributed by atoms with E-state index in [1.807, 2.05) is 30.6 Å². The predicted octanol–water partition coefficient (Wildman–Crippen LogP) is 6.28. The molecule has 5 aromatic rings. The Morgan fingerprint density at radius 3 is 2.57 bits per heavy atom. The first-order valence-corrected chi connectivity index (χ1v) is 9.83. The molecule has 0 bridgehead atoms. The molecule has 138 valence electrons. The Morgan fingerprint density at radius 1 is 0.893 bits per heavy atom. The molecule has 2 aromatic heterocycles. The average Bonchev–Trinajstić information content (AvgIpc) is 3.15. The Bertz CT molecular complexity index is 1270. The van der Waals surface area contributed by atoms with Gasteiger partial charge in [-0.05, 0) is 36.8 Å². The lowest BCUT2D eigenvalue weighted by Crippen LogP contribution is -1.97. The topological polar surface area (TPSA) is 42.7 Å². The Kier molecular flexibility index (Phi) is 4.17. The first-order valence-electron chi connectivity index (χ1n) is 9.83. The van der Waals surface area contributed by atoms with E-state index in [0.717, 1.165) is 57.2 Å². The number of imidazole rings is 1. The van der Waals surface area contributed by atoms with Crippen LogP contribution in [0.25, 0.3) is 32.8 Å². The van der Waals surface area contributed by atoms with Crippen molar-refractivity contribution in [3.8, 4) is 0 Å². The molecule has 1 N–H and O–H groups in total.